The molecule has 0 aliphatic rings. The van der Waals surface area contributed by atoms with E-state index in [4.69, 9.17) is 5.26 Å². The zero-order valence-corrected chi connectivity index (χ0v) is 9.38. The number of rotatable bonds is 3. The smallest absolute Gasteiger partial charge is 0.175 e. The van der Waals surface area contributed by atoms with Crippen LogP contribution in [0, 0.1) is 11.3 Å². The fraction of sp³-hybridized carbons (Fsp3) is 0.300. The molecule has 0 heterocycles. The van der Waals surface area contributed by atoms with E-state index < -0.39 is 15.9 Å². The van der Waals surface area contributed by atoms with Crippen molar-refractivity contribution in [2.45, 2.75) is 10.9 Å². The van der Waals surface area contributed by atoms with Crippen LogP contribution in [0.3, 0.4) is 0 Å². The maximum Gasteiger partial charge on any atom is 0.175 e. The van der Waals surface area contributed by atoms with Gasteiger partial charge in [-0.25, -0.2) is 8.42 Å². The maximum absolute atomic E-state index is 11.2. The second-order valence-electron chi connectivity index (χ2n) is 3.19. The monoisotopic (exact) mass is 224 g/mol. The van der Waals surface area contributed by atoms with Gasteiger partial charge in [-0.15, -0.1) is 0 Å². The van der Waals surface area contributed by atoms with Crippen molar-refractivity contribution in [2.24, 2.45) is 0 Å². The number of hydrogen-bond acceptors (Lipinski definition) is 4. The average Bonchev–Trinajstić information content (AvgIpc) is 2.19. The van der Waals surface area contributed by atoms with Crippen LogP contribution in [0.25, 0.3) is 0 Å². The molecule has 0 bridgehead atoms. The lowest BCUT2D eigenvalue weighted by molar-refractivity contribution is 0.601. The number of hydrogen-bond donors (Lipinski definition) is 1. The van der Waals surface area contributed by atoms with Crippen LogP contribution in [0.1, 0.15) is 11.6 Å². The van der Waals surface area contributed by atoms with Crippen molar-refractivity contribution in [3.63, 3.8) is 0 Å². The average molecular weight is 224 g/mol. The molecule has 5 heteroatoms. The topological polar surface area (TPSA) is 70.0 Å². The van der Waals surface area contributed by atoms with Crippen molar-refractivity contribution in [2.75, 3.05) is 13.3 Å². The third kappa shape index (κ3) is 2.78. The van der Waals surface area contributed by atoms with Crippen LogP contribution in [-0.2, 0) is 9.84 Å². The van der Waals surface area contributed by atoms with Gasteiger partial charge in [0.05, 0.1) is 11.0 Å². The molecule has 0 saturated heterocycles. The first-order chi connectivity index (χ1) is 6.99. The number of sulfone groups is 1. The maximum atomic E-state index is 11.2. The Balaban J connectivity index is 3.06. The van der Waals surface area contributed by atoms with E-state index in [0.717, 1.165) is 11.8 Å². The molecule has 0 aliphatic carbocycles. The molecule has 0 saturated carbocycles. The summed E-state index contributed by atoms with van der Waals surface area (Å²) in [5, 5.41) is 11.6. The summed E-state index contributed by atoms with van der Waals surface area (Å²) in [6.07, 6.45) is 1.15. The van der Waals surface area contributed by atoms with Crippen molar-refractivity contribution < 1.29 is 8.42 Å². The fourth-order valence-corrected chi connectivity index (χ4v) is 1.84. The lowest BCUT2D eigenvalue weighted by Crippen LogP contribution is -2.14. The molecule has 1 aromatic carbocycles. The zero-order chi connectivity index (χ0) is 11.5. The molecule has 0 fully saturated rings. The predicted molar refractivity (Wildman–Crippen MR) is 57.0 cm³/mol. The molecule has 0 radical (unpaired) electrons. The molecule has 0 aromatic heterocycles. The molecular weight excluding hydrogens is 212 g/mol. The summed E-state index contributed by atoms with van der Waals surface area (Å²) < 4.78 is 22.3. The molecular formula is C10H12N2O2S. The van der Waals surface area contributed by atoms with E-state index in [-0.39, 0.29) is 4.90 Å². The molecule has 1 aromatic rings. The van der Waals surface area contributed by atoms with Gasteiger partial charge in [-0.2, -0.15) is 5.26 Å². The minimum atomic E-state index is -3.16. The predicted octanol–water partition coefficient (Wildman–Crippen LogP) is 0.874. The summed E-state index contributed by atoms with van der Waals surface area (Å²) in [4.78, 5) is 0.263. The Morgan fingerprint density at radius 2 is 1.87 bits per heavy atom. The summed E-state index contributed by atoms with van der Waals surface area (Å²) in [5.74, 6) is 0. The van der Waals surface area contributed by atoms with Gasteiger partial charge in [-0.1, -0.05) is 12.1 Å². The Bertz CT molecular complexity index is 471. The Labute approximate surface area is 89.5 Å². The van der Waals surface area contributed by atoms with Gasteiger partial charge >= 0.3 is 0 Å². The van der Waals surface area contributed by atoms with Crippen molar-refractivity contribution >= 4 is 9.84 Å². The number of nitrogens with one attached hydrogen (secondary N) is 1. The number of nitriles is 1. The van der Waals surface area contributed by atoms with E-state index in [1.807, 2.05) is 0 Å². The van der Waals surface area contributed by atoms with Gasteiger partial charge < -0.3 is 5.32 Å². The highest BCUT2D eigenvalue weighted by molar-refractivity contribution is 7.90. The SMILES string of the molecule is CNC(C#N)c1ccc(S(C)(=O)=O)cc1. The van der Waals surface area contributed by atoms with E-state index in [1.54, 1.807) is 19.2 Å². The second-order valence-corrected chi connectivity index (χ2v) is 5.21. The molecule has 80 valence electrons. The molecule has 15 heavy (non-hydrogen) atoms. The summed E-state index contributed by atoms with van der Waals surface area (Å²) in [5.41, 5.74) is 0.757. The molecule has 1 atom stereocenters. The Hall–Kier alpha value is -1.38. The fourth-order valence-electron chi connectivity index (χ4n) is 1.21. The van der Waals surface area contributed by atoms with Crippen LogP contribution in [0.5, 0.6) is 0 Å². The van der Waals surface area contributed by atoms with E-state index in [2.05, 4.69) is 11.4 Å². The molecule has 1 unspecified atom stereocenters. The normalized spacial score (nSPS) is 13.1. The largest absolute Gasteiger partial charge is 0.301 e. The number of benzene rings is 1. The van der Waals surface area contributed by atoms with E-state index in [1.165, 1.54) is 12.1 Å². The minimum absolute atomic E-state index is 0.263. The molecule has 0 spiro atoms. The summed E-state index contributed by atoms with van der Waals surface area (Å²) in [7, 11) is -1.48. The summed E-state index contributed by atoms with van der Waals surface area (Å²) in [6.45, 7) is 0. The first-order valence-electron chi connectivity index (χ1n) is 4.36. The van der Waals surface area contributed by atoms with Crippen molar-refractivity contribution in [1.29, 1.82) is 5.26 Å². The van der Waals surface area contributed by atoms with Gasteiger partial charge in [-0.3, -0.25) is 0 Å². The third-order valence-corrected chi connectivity index (χ3v) is 3.19. The highest BCUT2D eigenvalue weighted by Gasteiger charge is 2.10. The van der Waals surface area contributed by atoms with Crippen molar-refractivity contribution in [1.82, 2.24) is 5.32 Å². The van der Waals surface area contributed by atoms with Gasteiger partial charge in [-0.05, 0) is 24.7 Å². The highest BCUT2D eigenvalue weighted by atomic mass is 32.2. The van der Waals surface area contributed by atoms with E-state index >= 15 is 0 Å². The van der Waals surface area contributed by atoms with Gasteiger partial charge in [0.2, 0.25) is 0 Å². The first-order valence-corrected chi connectivity index (χ1v) is 6.25. The molecule has 1 rings (SSSR count). The van der Waals surface area contributed by atoms with Crippen molar-refractivity contribution in [3.8, 4) is 6.07 Å². The molecule has 1 N–H and O–H groups in total. The highest BCUT2D eigenvalue weighted by Crippen LogP contribution is 2.15. The molecule has 4 nitrogen and oxygen atoms in total. The lowest BCUT2D eigenvalue weighted by Gasteiger charge is -2.07. The van der Waals surface area contributed by atoms with Gasteiger partial charge in [0.25, 0.3) is 0 Å². The quantitative estimate of drug-likeness (QED) is 0.827. The Morgan fingerprint density at radius 3 is 2.20 bits per heavy atom. The molecule has 0 aliphatic heterocycles. The zero-order valence-electron chi connectivity index (χ0n) is 8.56. The van der Waals surface area contributed by atoms with Crippen LogP contribution in [0.2, 0.25) is 0 Å². The van der Waals surface area contributed by atoms with Crippen LogP contribution >= 0.6 is 0 Å². The van der Waals surface area contributed by atoms with Crippen LogP contribution in [-0.4, -0.2) is 21.7 Å². The molecule has 0 amide bonds. The standard InChI is InChI=1S/C10H12N2O2S/c1-12-10(7-11)8-3-5-9(6-4-8)15(2,13)14/h3-6,10,12H,1-2H3. The summed E-state index contributed by atoms with van der Waals surface area (Å²) in [6, 6.07) is 7.95. The minimum Gasteiger partial charge on any atom is -0.301 e. The van der Waals surface area contributed by atoms with Gasteiger partial charge in [0.1, 0.15) is 6.04 Å². The lowest BCUT2D eigenvalue weighted by atomic mass is 10.1. The van der Waals surface area contributed by atoms with Gasteiger partial charge in [0.15, 0.2) is 9.84 Å². The second kappa shape index (κ2) is 4.43. The number of nitrogens with zero attached hydrogens (tertiary/aromatic N) is 1. The Kier molecular flexibility index (Phi) is 3.45. The first kappa shape index (κ1) is 11.7. The van der Waals surface area contributed by atoms with Crippen LogP contribution in [0.4, 0.5) is 0 Å². The Morgan fingerprint density at radius 1 is 1.33 bits per heavy atom. The van der Waals surface area contributed by atoms with Gasteiger partial charge in [0, 0.05) is 6.26 Å². The van der Waals surface area contributed by atoms with Crippen LogP contribution < -0.4 is 5.32 Å². The van der Waals surface area contributed by atoms with E-state index in [9.17, 15) is 8.42 Å². The van der Waals surface area contributed by atoms with E-state index in [0.29, 0.717) is 0 Å². The summed E-state index contributed by atoms with van der Waals surface area (Å²) >= 11 is 0. The van der Waals surface area contributed by atoms with Crippen LogP contribution in [0.15, 0.2) is 29.2 Å². The van der Waals surface area contributed by atoms with Crippen molar-refractivity contribution in [3.05, 3.63) is 29.8 Å². The third-order valence-electron chi connectivity index (χ3n) is 2.06.